The number of anilines is 1. The molecule has 186 valence electrons. The normalized spacial score (nSPS) is 11.9. The molecular weight excluding hydrogens is 475 g/mol. The molecule has 0 bridgehead atoms. The fourth-order valence-corrected chi connectivity index (χ4v) is 4.86. The maximum absolute atomic E-state index is 13.6. The molecule has 1 atom stereocenters. The number of amides is 1. The van der Waals surface area contributed by atoms with Crippen LogP contribution in [0.3, 0.4) is 0 Å². The zero-order chi connectivity index (χ0) is 25.6. The number of benzene rings is 3. The second kappa shape index (κ2) is 11.1. The highest BCUT2D eigenvalue weighted by molar-refractivity contribution is 7.92. The number of carbonyl (C=O) groups is 1. The summed E-state index contributed by atoms with van der Waals surface area (Å²) in [5.74, 6) is 0.170. The molecule has 0 fully saturated rings. The van der Waals surface area contributed by atoms with E-state index >= 15 is 0 Å². The van der Waals surface area contributed by atoms with Crippen molar-refractivity contribution < 1.29 is 31.8 Å². The summed E-state index contributed by atoms with van der Waals surface area (Å²) < 4.78 is 57.2. The zero-order valence-electron chi connectivity index (χ0n) is 19.8. The SMILES string of the molecule is COc1ccc([C@H](C)NC(=O)CN(c2ccc(F)cc2)S(=O)(=O)c2ccc(OC)c(OC)c2)cc1. The van der Waals surface area contributed by atoms with Gasteiger partial charge in [0.25, 0.3) is 10.0 Å². The van der Waals surface area contributed by atoms with Gasteiger partial charge in [-0.05, 0) is 61.0 Å². The first-order valence-electron chi connectivity index (χ1n) is 10.6. The molecule has 0 heterocycles. The first kappa shape index (κ1) is 25.8. The second-order valence-corrected chi connectivity index (χ2v) is 9.43. The second-order valence-electron chi connectivity index (χ2n) is 7.57. The predicted octanol–water partition coefficient (Wildman–Crippen LogP) is 3.92. The minimum atomic E-state index is -4.23. The molecule has 1 N–H and O–H groups in total. The summed E-state index contributed by atoms with van der Waals surface area (Å²) in [4.78, 5) is 12.8. The number of halogens is 1. The van der Waals surface area contributed by atoms with Crippen LogP contribution in [0.1, 0.15) is 18.5 Å². The van der Waals surface area contributed by atoms with Crippen LogP contribution in [0.15, 0.2) is 71.6 Å². The lowest BCUT2D eigenvalue weighted by molar-refractivity contribution is -0.120. The van der Waals surface area contributed by atoms with E-state index in [0.29, 0.717) is 11.5 Å². The van der Waals surface area contributed by atoms with Crippen molar-refractivity contribution in [2.75, 3.05) is 32.2 Å². The Morgan fingerprint density at radius 1 is 0.914 bits per heavy atom. The summed E-state index contributed by atoms with van der Waals surface area (Å²) in [6.07, 6.45) is 0. The monoisotopic (exact) mass is 502 g/mol. The smallest absolute Gasteiger partial charge is 0.264 e. The molecule has 0 aliphatic carbocycles. The van der Waals surface area contributed by atoms with Gasteiger partial charge < -0.3 is 19.5 Å². The van der Waals surface area contributed by atoms with Crippen LogP contribution in [-0.2, 0) is 14.8 Å². The summed E-state index contributed by atoms with van der Waals surface area (Å²) in [5, 5.41) is 2.80. The average Bonchev–Trinajstić information content (AvgIpc) is 2.87. The molecular formula is C25H27FN2O6S. The minimum Gasteiger partial charge on any atom is -0.497 e. The van der Waals surface area contributed by atoms with Gasteiger partial charge in [-0.1, -0.05) is 12.1 Å². The summed E-state index contributed by atoms with van der Waals surface area (Å²) in [7, 11) is 0.152. The van der Waals surface area contributed by atoms with Crippen molar-refractivity contribution in [2.45, 2.75) is 17.9 Å². The lowest BCUT2D eigenvalue weighted by atomic mass is 10.1. The third kappa shape index (κ3) is 6.02. The topological polar surface area (TPSA) is 94.2 Å². The van der Waals surface area contributed by atoms with E-state index in [9.17, 15) is 17.6 Å². The molecule has 0 saturated carbocycles. The fourth-order valence-electron chi connectivity index (χ4n) is 3.42. The molecule has 35 heavy (non-hydrogen) atoms. The van der Waals surface area contributed by atoms with Gasteiger partial charge in [-0.25, -0.2) is 12.8 Å². The van der Waals surface area contributed by atoms with Gasteiger partial charge in [0.05, 0.1) is 38.0 Å². The van der Waals surface area contributed by atoms with Crippen LogP contribution in [0.25, 0.3) is 0 Å². The van der Waals surface area contributed by atoms with E-state index in [-0.39, 0.29) is 16.3 Å². The number of carbonyl (C=O) groups excluding carboxylic acids is 1. The molecule has 0 radical (unpaired) electrons. The van der Waals surface area contributed by atoms with Gasteiger partial charge in [-0.3, -0.25) is 9.10 Å². The van der Waals surface area contributed by atoms with Crippen molar-refractivity contribution in [3.8, 4) is 17.2 Å². The van der Waals surface area contributed by atoms with Gasteiger partial charge in [-0.2, -0.15) is 0 Å². The first-order chi connectivity index (χ1) is 16.7. The third-order valence-electron chi connectivity index (χ3n) is 5.34. The van der Waals surface area contributed by atoms with Gasteiger partial charge in [-0.15, -0.1) is 0 Å². The summed E-state index contributed by atoms with van der Waals surface area (Å²) >= 11 is 0. The molecule has 8 nitrogen and oxygen atoms in total. The van der Waals surface area contributed by atoms with Crippen LogP contribution >= 0.6 is 0 Å². The Labute approximate surface area is 204 Å². The van der Waals surface area contributed by atoms with Crippen LogP contribution in [0, 0.1) is 5.82 Å². The van der Waals surface area contributed by atoms with Crippen LogP contribution < -0.4 is 23.8 Å². The van der Waals surface area contributed by atoms with E-state index < -0.39 is 34.3 Å². The van der Waals surface area contributed by atoms with Crippen LogP contribution in [0.5, 0.6) is 17.2 Å². The van der Waals surface area contributed by atoms with Crippen molar-refractivity contribution in [1.82, 2.24) is 5.32 Å². The number of hydrogen-bond acceptors (Lipinski definition) is 6. The fraction of sp³-hybridized carbons (Fsp3) is 0.240. The first-order valence-corrected chi connectivity index (χ1v) is 12.1. The highest BCUT2D eigenvalue weighted by Crippen LogP contribution is 2.32. The largest absolute Gasteiger partial charge is 0.497 e. The molecule has 3 rings (SSSR count). The number of nitrogens with one attached hydrogen (secondary N) is 1. The van der Waals surface area contributed by atoms with Gasteiger partial charge in [0.1, 0.15) is 18.1 Å². The molecule has 1 amide bonds. The maximum Gasteiger partial charge on any atom is 0.264 e. The van der Waals surface area contributed by atoms with Gasteiger partial charge in [0.15, 0.2) is 11.5 Å². The Bertz CT molecular complexity index is 1260. The van der Waals surface area contributed by atoms with Crippen molar-refractivity contribution in [3.05, 3.63) is 78.1 Å². The molecule has 3 aromatic rings. The Morgan fingerprint density at radius 3 is 2.11 bits per heavy atom. The van der Waals surface area contributed by atoms with Crippen molar-refractivity contribution >= 4 is 21.6 Å². The van der Waals surface area contributed by atoms with Crippen LogP contribution in [-0.4, -0.2) is 42.2 Å². The Hall–Kier alpha value is -3.79. The zero-order valence-corrected chi connectivity index (χ0v) is 20.6. The summed E-state index contributed by atoms with van der Waals surface area (Å²) in [6, 6.07) is 15.7. The van der Waals surface area contributed by atoms with Crippen molar-refractivity contribution in [3.63, 3.8) is 0 Å². The quantitative estimate of drug-likeness (QED) is 0.452. The van der Waals surface area contributed by atoms with E-state index in [1.807, 2.05) is 12.1 Å². The van der Waals surface area contributed by atoms with Crippen molar-refractivity contribution in [1.29, 1.82) is 0 Å². The Balaban J connectivity index is 1.91. The molecule has 0 aromatic heterocycles. The van der Waals surface area contributed by atoms with Crippen LogP contribution in [0.4, 0.5) is 10.1 Å². The average molecular weight is 503 g/mol. The highest BCUT2D eigenvalue weighted by atomic mass is 32.2. The number of nitrogens with zero attached hydrogens (tertiary/aromatic N) is 1. The summed E-state index contributed by atoms with van der Waals surface area (Å²) in [6.45, 7) is 1.26. The lowest BCUT2D eigenvalue weighted by Gasteiger charge is -2.25. The third-order valence-corrected chi connectivity index (χ3v) is 7.11. The Kier molecular flexibility index (Phi) is 8.18. The number of ether oxygens (including phenoxy) is 3. The highest BCUT2D eigenvalue weighted by Gasteiger charge is 2.29. The molecule has 0 saturated heterocycles. The van der Waals surface area contributed by atoms with E-state index in [1.54, 1.807) is 26.2 Å². The van der Waals surface area contributed by atoms with Gasteiger partial charge in [0.2, 0.25) is 5.91 Å². The Morgan fingerprint density at radius 2 is 1.54 bits per heavy atom. The number of hydrogen-bond donors (Lipinski definition) is 1. The minimum absolute atomic E-state index is 0.115. The van der Waals surface area contributed by atoms with Gasteiger partial charge >= 0.3 is 0 Å². The van der Waals surface area contributed by atoms with Crippen LogP contribution in [0.2, 0.25) is 0 Å². The molecule has 0 unspecified atom stereocenters. The van der Waals surface area contributed by atoms with Crippen molar-refractivity contribution in [2.24, 2.45) is 0 Å². The maximum atomic E-state index is 13.6. The standard InChI is InChI=1S/C25H27FN2O6S/c1-17(18-5-11-21(32-2)12-6-18)27-25(29)16-28(20-9-7-19(26)8-10-20)35(30,31)22-13-14-23(33-3)24(15-22)34-4/h5-15,17H,16H2,1-4H3,(H,27,29)/t17-/m0/s1. The number of methoxy groups -OCH3 is 3. The molecule has 0 aliphatic rings. The van der Waals surface area contributed by atoms with Gasteiger partial charge in [0, 0.05) is 6.07 Å². The molecule has 3 aromatic carbocycles. The summed E-state index contributed by atoms with van der Waals surface area (Å²) in [5.41, 5.74) is 0.948. The molecule has 0 spiro atoms. The van der Waals surface area contributed by atoms with E-state index in [1.165, 1.54) is 44.6 Å². The number of rotatable bonds is 10. The van der Waals surface area contributed by atoms with E-state index in [0.717, 1.165) is 22.0 Å². The number of sulfonamides is 1. The molecule has 0 aliphatic heterocycles. The molecule has 10 heteroatoms. The predicted molar refractivity (Wildman–Crippen MR) is 130 cm³/mol. The van der Waals surface area contributed by atoms with E-state index in [4.69, 9.17) is 14.2 Å². The lowest BCUT2D eigenvalue weighted by Crippen LogP contribution is -2.41. The van der Waals surface area contributed by atoms with E-state index in [2.05, 4.69) is 5.32 Å².